The molecule has 4 heteroatoms. The van der Waals surface area contributed by atoms with Gasteiger partial charge in [0, 0.05) is 30.7 Å². The molecule has 1 aliphatic rings. The number of rotatable bonds is 7. The second kappa shape index (κ2) is 7.35. The molecule has 1 aromatic carbocycles. The Kier molecular flexibility index (Phi) is 5.21. The highest BCUT2D eigenvalue weighted by Crippen LogP contribution is 2.35. The third-order valence-electron chi connectivity index (χ3n) is 5.27. The molecule has 126 valence electrons. The maximum absolute atomic E-state index is 4.17. The first kappa shape index (κ1) is 16.3. The number of anilines is 1. The van der Waals surface area contributed by atoms with Gasteiger partial charge in [-0.1, -0.05) is 39.5 Å². The summed E-state index contributed by atoms with van der Waals surface area (Å²) in [5, 5.41) is 12.1. The van der Waals surface area contributed by atoms with Crippen LogP contribution in [-0.2, 0) is 0 Å². The smallest absolute Gasteiger partial charge is 0.0651 e. The van der Waals surface area contributed by atoms with Crippen LogP contribution in [0.4, 0.5) is 5.69 Å². The number of hydrogen-bond donors (Lipinski definition) is 2. The van der Waals surface area contributed by atoms with Gasteiger partial charge in [0.15, 0.2) is 0 Å². The van der Waals surface area contributed by atoms with Gasteiger partial charge >= 0.3 is 0 Å². The van der Waals surface area contributed by atoms with Gasteiger partial charge in [-0.25, -0.2) is 0 Å². The lowest BCUT2D eigenvalue weighted by atomic mass is 9.83. The Morgan fingerprint density at radius 3 is 2.70 bits per heavy atom. The second-order valence-corrected chi connectivity index (χ2v) is 6.90. The van der Waals surface area contributed by atoms with Crippen LogP contribution >= 0.6 is 0 Å². The second-order valence-electron chi connectivity index (χ2n) is 6.90. The van der Waals surface area contributed by atoms with E-state index in [1.807, 2.05) is 6.20 Å². The molecule has 0 radical (unpaired) electrons. The van der Waals surface area contributed by atoms with Crippen molar-refractivity contribution in [2.45, 2.75) is 57.9 Å². The summed E-state index contributed by atoms with van der Waals surface area (Å²) >= 11 is 0. The Morgan fingerprint density at radius 1 is 1.17 bits per heavy atom. The molecule has 0 bridgehead atoms. The Balaban J connectivity index is 1.93. The van der Waals surface area contributed by atoms with Gasteiger partial charge in [0.1, 0.15) is 0 Å². The molecule has 1 aromatic heterocycles. The molecule has 23 heavy (non-hydrogen) atoms. The maximum atomic E-state index is 4.17. The third-order valence-corrected chi connectivity index (χ3v) is 5.27. The lowest BCUT2D eigenvalue weighted by molar-refractivity contribution is 0.273. The highest BCUT2D eigenvalue weighted by molar-refractivity contribution is 5.82. The van der Waals surface area contributed by atoms with Gasteiger partial charge < -0.3 is 10.2 Å². The number of nitrogens with one attached hydrogen (secondary N) is 2. The monoisotopic (exact) mass is 314 g/mol. The van der Waals surface area contributed by atoms with Crippen LogP contribution in [0.1, 0.15) is 52.4 Å². The summed E-state index contributed by atoms with van der Waals surface area (Å²) in [5.41, 5.74) is 2.74. The molecule has 0 amide bonds. The normalized spacial score (nSPS) is 17.7. The summed E-state index contributed by atoms with van der Waals surface area (Å²) in [5.74, 6) is 0. The minimum absolute atomic E-state index is 0.266. The highest BCUT2D eigenvalue weighted by atomic mass is 15.3. The fourth-order valence-corrected chi connectivity index (χ4v) is 3.93. The van der Waals surface area contributed by atoms with E-state index >= 15 is 0 Å². The largest absolute Gasteiger partial charge is 0.363 e. The number of H-pyrrole nitrogens is 1. The molecule has 2 heterocycles. The zero-order valence-corrected chi connectivity index (χ0v) is 14.6. The van der Waals surface area contributed by atoms with Crippen molar-refractivity contribution < 1.29 is 0 Å². The Hall–Kier alpha value is -1.55. The predicted molar refractivity (Wildman–Crippen MR) is 98.1 cm³/mol. The Bertz CT molecular complexity index is 611. The number of piperazine rings is 1. The van der Waals surface area contributed by atoms with Crippen molar-refractivity contribution in [1.82, 2.24) is 15.5 Å². The van der Waals surface area contributed by atoms with Gasteiger partial charge in [0.25, 0.3) is 0 Å². The van der Waals surface area contributed by atoms with E-state index in [1.54, 1.807) is 0 Å². The topological polar surface area (TPSA) is 44.0 Å². The minimum atomic E-state index is 0.266. The van der Waals surface area contributed by atoms with E-state index in [0.29, 0.717) is 0 Å². The number of benzene rings is 1. The van der Waals surface area contributed by atoms with Crippen molar-refractivity contribution in [3.8, 4) is 0 Å². The summed E-state index contributed by atoms with van der Waals surface area (Å²) in [6.45, 7) is 7.87. The SMILES string of the molecule is CCCCC1(CCCC)CNCCN1c1ccc2[nH]ncc2c1. The molecular weight excluding hydrogens is 284 g/mol. The molecule has 2 aromatic rings. The number of unbranched alkanes of at least 4 members (excludes halogenated alkanes) is 2. The van der Waals surface area contributed by atoms with Crippen LogP contribution in [0, 0.1) is 0 Å². The van der Waals surface area contributed by atoms with Crippen molar-refractivity contribution in [3.63, 3.8) is 0 Å². The van der Waals surface area contributed by atoms with Gasteiger partial charge in [-0.3, -0.25) is 5.10 Å². The van der Waals surface area contributed by atoms with E-state index < -0.39 is 0 Å². The van der Waals surface area contributed by atoms with E-state index in [2.05, 4.69) is 52.5 Å². The summed E-state index contributed by atoms with van der Waals surface area (Å²) in [4.78, 5) is 2.68. The average Bonchev–Trinajstić information content (AvgIpc) is 3.06. The molecule has 2 N–H and O–H groups in total. The lowest BCUT2D eigenvalue weighted by Crippen LogP contribution is -2.61. The van der Waals surface area contributed by atoms with Crippen LogP contribution in [0.25, 0.3) is 10.9 Å². The van der Waals surface area contributed by atoms with E-state index in [-0.39, 0.29) is 5.54 Å². The van der Waals surface area contributed by atoms with Crippen molar-refractivity contribution in [3.05, 3.63) is 24.4 Å². The number of aromatic amines is 1. The van der Waals surface area contributed by atoms with E-state index in [1.165, 1.54) is 49.6 Å². The number of fused-ring (bicyclic) bond motifs is 1. The molecule has 3 rings (SSSR count). The fourth-order valence-electron chi connectivity index (χ4n) is 3.93. The summed E-state index contributed by atoms with van der Waals surface area (Å²) in [6.07, 6.45) is 9.62. The first-order valence-corrected chi connectivity index (χ1v) is 9.20. The van der Waals surface area contributed by atoms with Crippen LogP contribution < -0.4 is 10.2 Å². The molecule has 0 spiro atoms. The van der Waals surface area contributed by atoms with Gasteiger partial charge in [-0.15, -0.1) is 0 Å². The standard InChI is InChI=1S/C19H30N4/c1-3-5-9-19(10-6-4-2)15-20-11-12-23(19)17-7-8-18-16(13-17)14-21-22-18/h7-8,13-14,20H,3-6,9-12,15H2,1-2H3,(H,21,22). The van der Waals surface area contributed by atoms with Crippen LogP contribution in [0.3, 0.4) is 0 Å². The molecule has 1 aliphatic heterocycles. The van der Waals surface area contributed by atoms with Crippen LogP contribution in [0.2, 0.25) is 0 Å². The van der Waals surface area contributed by atoms with Crippen molar-refractivity contribution >= 4 is 16.6 Å². The molecule has 0 unspecified atom stereocenters. The van der Waals surface area contributed by atoms with E-state index in [0.717, 1.165) is 25.2 Å². The van der Waals surface area contributed by atoms with Crippen molar-refractivity contribution in [2.24, 2.45) is 0 Å². The van der Waals surface area contributed by atoms with Crippen LogP contribution in [0.5, 0.6) is 0 Å². The van der Waals surface area contributed by atoms with Gasteiger partial charge in [-0.2, -0.15) is 5.10 Å². The van der Waals surface area contributed by atoms with Gasteiger partial charge in [0.2, 0.25) is 0 Å². The highest BCUT2D eigenvalue weighted by Gasteiger charge is 2.37. The Labute approximate surface area is 139 Å². The fraction of sp³-hybridized carbons (Fsp3) is 0.632. The molecule has 0 saturated carbocycles. The molecule has 1 saturated heterocycles. The van der Waals surface area contributed by atoms with Crippen LogP contribution in [-0.4, -0.2) is 35.4 Å². The molecular formula is C19H30N4. The van der Waals surface area contributed by atoms with Crippen molar-refractivity contribution in [2.75, 3.05) is 24.5 Å². The summed E-state index contributed by atoms with van der Waals surface area (Å²) in [7, 11) is 0. The van der Waals surface area contributed by atoms with Crippen LogP contribution in [0.15, 0.2) is 24.4 Å². The zero-order chi connectivity index (χ0) is 16.1. The number of hydrogen-bond acceptors (Lipinski definition) is 3. The molecule has 1 fully saturated rings. The predicted octanol–water partition coefficient (Wildman–Crippen LogP) is 4.09. The van der Waals surface area contributed by atoms with Crippen molar-refractivity contribution in [1.29, 1.82) is 0 Å². The maximum Gasteiger partial charge on any atom is 0.0651 e. The molecule has 4 nitrogen and oxygen atoms in total. The third kappa shape index (κ3) is 3.37. The summed E-state index contributed by atoms with van der Waals surface area (Å²) in [6, 6.07) is 6.74. The summed E-state index contributed by atoms with van der Waals surface area (Å²) < 4.78 is 0. The van der Waals surface area contributed by atoms with Gasteiger partial charge in [0.05, 0.1) is 17.3 Å². The quantitative estimate of drug-likeness (QED) is 0.809. The van der Waals surface area contributed by atoms with Gasteiger partial charge in [-0.05, 0) is 31.0 Å². The van der Waals surface area contributed by atoms with E-state index in [4.69, 9.17) is 0 Å². The number of aromatic nitrogens is 2. The Morgan fingerprint density at radius 2 is 1.96 bits per heavy atom. The first-order valence-electron chi connectivity index (χ1n) is 9.20. The lowest BCUT2D eigenvalue weighted by Gasteiger charge is -2.49. The van der Waals surface area contributed by atoms with E-state index in [9.17, 15) is 0 Å². The first-order chi connectivity index (χ1) is 11.3. The number of nitrogens with zero attached hydrogens (tertiary/aromatic N) is 2. The minimum Gasteiger partial charge on any atom is -0.363 e. The average molecular weight is 314 g/mol. The zero-order valence-electron chi connectivity index (χ0n) is 14.6. The molecule has 0 atom stereocenters. The molecule has 0 aliphatic carbocycles.